The van der Waals surface area contributed by atoms with E-state index in [-0.39, 0.29) is 43.6 Å². The third kappa shape index (κ3) is 17.7. The number of aromatic nitrogens is 2. The molecule has 0 spiro atoms. The van der Waals surface area contributed by atoms with Gasteiger partial charge >= 0.3 is 0 Å². The van der Waals surface area contributed by atoms with Crippen molar-refractivity contribution in [2.24, 2.45) is 23.1 Å². The van der Waals surface area contributed by atoms with Crippen LogP contribution in [0.1, 0.15) is 55.4 Å². The summed E-state index contributed by atoms with van der Waals surface area (Å²) in [5, 5.41) is 22.8. The third-order valence-corrected chi connectivity index (χ3v) is 16.5. The van der Waals surface area contributed by atoms with Gasteiger partial charge in [-0.25, -0.2) is 0 Å². The Morgan fingerprint density at radius 1 is 0.704 bits per heavy atom. The zero-order valence-corrected chi connectivity index (χ0v) is 47.3. The lowest BCUT2D eigenvalue weighted by Gasteiger charge is -2.29. The predicted octanol–water partition coefficient (Wildman–Crippen LogP) is 3.03. The first kappa shape index (κ1) is 61.1. The second kappa shape index (κ2) is 29.8. The van der Waals surface area contributed by atoms with Crippen molar-refractivity contribution in [3.8, 4) is 0 Å². The number of carbonyl (C=O) groups excluding carboxylic acids is 8. The molecule has 1 saturated heterocycles. The smallest absolute Gasteiger partial charge is 0.244 e. The number of rotatable bonds is 18. The number of hydrogen-bond acceptors (Lipinski definition) is 13. The Morgan fingerprint density at radius 3 is 2.09 bits per heavy atom. The van der Waals surface area contributed by atoms with Gasteiger partial charge in [-0.15, -0.1) is 0 Å². The zero-order chi connectivity index (χ0) is 58.0. The van der Waals surface area contributed by atoms with Crippen molar-refractivity contribution >= 4 is 102 Å². The van der Waals surface area contributed by atoms with Crippen LogP contribution in [0.15, 0.2) is 122 Å². The normalized spacial score (nSPS) is 20.7. The number of hydrogen-bond donors (Lipinski definition) is 11. The SMILES string of the molecule is CC(C)C1NC(=O)[C@H](CCCCN)NC(=O)C(Cc2c[nH]c3ccccc23)NC(=O)[C@H](Cc2cccnc2)NC(=O)C(NC(=O)[C@@H](N)Cc2ccc(Cl)cc2)CSSCC(C(=O)N[C@@H](Cc2ccc3ccccc3c2)C(N)=O)NC1=O. The maximum atomic E-state index is 14.9. The lowest BCUT2D eigenvalue weighted by molar-refractivity contribution is -0.136. The Hall–Kier alpha value is -7.50. The summed E-state index contributed by atoms with van der Waals surface area (Å²) in [5.74, 6) is -6.94. The molecule has 7 rings (SSSR count). The second-order valence-electron chi connectivity index (χ2n) is 20.3. The monoisotopic (exact) mass is 1160 g/mol. The Kier molecular flexibility index (Phi) is 22.5. The summed E-state index contributed by atoms with van der Waals surface area (Å²) in [6.07, 6.45) is 5.73. The summed E-state index contributed by atoms with van der Waals surface area (Å²) >= 11 is 6.11. The van der Waals surface area contributed by atoms with E-state index in [4.69, 9.17) is 28.8 Å². The number of primary amides is 1. The quantitative estimate of drug-likeness (QED) is 0.0436. The number of pyridine rings is 1. The molecule has 2 aromatic heterocycles. The average Bonchev–Trinajstić information content (AvgIpc) is 3.91. The molecule has 6 aromatic rings. The number of nitrogens with one attached hydrogen (secondary N) is 8. The number of benzene rings is 4. The van der Waals surface area contributed by atoms with Crippen LogP contribution in [0.5, 0.6) is 0 Å². The van der Waals surface area contributed by atoms with Crippen molar-refractivity contribution in [3.05, 3.63) is 149 Å². The van der Waals surface area contributed by atoms with Crippen molar-refractivity contribution in [2.75, 3.05) is 18.1 Å². The molecule has 14 N–H and O–H groups in total. The molecule has 3 heterocycles. The largest absolute Gasteiger partial charge is 0.368 e. The number of nitrogens with zero attached hydrogens (tertiary/aromatic N) is 1. The summed E-state index contributed by atoms with van der Waals surface area (Å²) in [7, 11) is 2.14. The molecule has 1 fully saturated rings. The Labute approximate surface area is 482 Å². The van der Waals surface area contributed by atoms with Crippen LogP contribution in [0.25, 0.3) is 21.7 Å². The molecule has 0 radical (unpaired) electrons. The van der Waals surface area contributed by atoms with Crippen LogP contribution in [0.3, 0.4) is 0 Å². The number of halogens is 1. The number of aromatic amines is 1. The fraction of sp³-hybridized carbons (Fsp3) is 0.362. The highest BCUT2D eigenvalue weighted by molar-refractivity contribution is 8.76. The summed E-state index contributed by atoms with van der Waals surface area (Å²) in [4.78, 5) is 122. The van der Waals surface area contributed by atoms with Crippen LogP contribution in [0.4, 0.5) is 0 Å². The van der Waals surface area contributed by atoms with Crippen LogP contribution in [0, 0.1) is 5.92 Å². The maximum absolute atomic E-state index is 14.9. The van der Waals surface area contributed by atoms with E-state index in [9.17, 15) is 38.4 Å². The highest BCUT2D eigenvalue weighted by Crippen LogP contribution is 2.25. The van der Waals surface area contributed by atoms with Gasteiger partial charge in [-0.3, -0.25) is 43.3 Å². The number of H-pyrrole nitrogens is 1. The summed E-state index contributed by atoms with van der Waals surface area (Å²) < 4.78 is 0. The van der Waals surface area contributed by atoms with E-state index < -0.39 is 102 Å². The van der Waals surface area contributed by atoms with Gasteiger partial charge in [0.1, 0.15) is 42.3 Å². The van der Waals surface area contributed by atoms with Crippen LogP contribution in [-0.2, 0) is 64.0 Å². The molecular formula is C58H69ClN12O8S2. The fourth-order valence-corrected chi connectivity index (χ4v) is 11.7. The van der Waals surface area contributed by atoms with Crippen molar-refractivity contribution < 1.29 is 38.4 Å². The van der Waals surface area contributed by atoms with Crippen molar-refractivity contribution in [1.82, 2.24) is 47.2 Å². The number of nitrogens with two attached hydrogens (primary N) is 3. The second-order valence-corrected chi connectivity index (χ2v) is 23.3. The highest BCUT2D eigenvalue weighted by Gasteiger charge is 2.36. The van der Waals surface area contributed by atoms with E-state index in [0.717, 1.165) is 43.3 Å². The Balaban J connectivity index is 1.24. The van der Waals surface area contributed by atoms with Gasteiger partial charge in [0.15, 0.2) is 0 Å². The number of amides is 8. The van der Waals surface area contributed by atoms with Crippen molar-refractivity contribution in [2.45, 2.75) is 107 Å². The predicted molar refractivity (Wildman–Crippen MR) is 316 cm³/mol. The van der Waals surface area contributed by atoms with E-state index in [1.807, 2.05) is 66.7 Å². The standard InChI is InChI=1S/C58H69ClN12O8S2/c1-33(2)50-58(79)70-49(56(77)66-45(51(62)72)26-35-16-19-37-11-3-4-12-38(37)24-35)32-81-80-31-48(69-52(73)42(61)25-34-17-20-40(59)21-18-34)57(78)67-46(27-36-10-9-23-63-29-36)54(75)68-47(28-39-30-64-43-14-6-5-13-41(39)43)55(76)65-44(53(74)71-50)15-7-8-22-60/h3-6,9-14,16-21,23-24,29-30,33,42,44-50,64H,7-8,15,22,25-28,31-32,60-61H2,1-2H3,(H2,62,72)(H,65,76)(H,66,77)(H,67,78)(H,68,75)(H,69,73)(H,70,79)(H,71,74)/t42-,44-,45-,46-,47?,48?,49?,50?/m0/s1. The first-order valence-corrected chi connectivity index (χ1v) is 29.6. The van der Waals surface area contributed by atoms with Gasteiger partial charge in [-0.05, 0) is 95.4 Å². The molecular weight excluding hydrogens is 1090 g/mol. The van der Waals surface area contributed by atoms with E-state index in [1.165, 1.54) is 6.20 Å². The molecule has 0 saturated carbocycles. The van der Waals surface area contributed by atoms with Crippen LogP contribution in [0.2, 0.25) is 5.02 Å². The fourth-order valence-electron chi connectivity index (χ4n) is 9.26. The van der Waals surface area contributed by atoms with Crippen molar-refractivity contribution in [1.29, 1.82) is 0 Å². The van der Waals surface area contributed by atoms with Gasteiger partial charge in [0.25, 0.3) is 0 Å². The number of fused-ring (bicyclic) bond motifs is 2. The third-order valence-electron chi connectivity index (χ3n) is 13.8. The number of unbranched alkanes of at least 4 members (excludes halogenated alkanes) is 1. The molecule has 81 heavy (non-hydrogen) atoms. The molecule has 0 bridgehead atoms. The van der Waals surface area contributed by atoms with Gasteiger partial charge in [-0.2, -0.15) is 0 Å². The minimum absolute atomic E-state index is 0.0233. The van der Waals surface area contributed by atoms with Crippen molar-refractivity contribution in [3.63, 3.8) is 0 Å². The lowest BCUT2D eigenvalue weighted by atomic mass is 10.00. The number of carbonyl (C=O) groups is 8. The van der Waals surface area contributed by atoms with Gasteiger partial charge in [0, 0.05) is 65.3 Å². The van der Waals surface area contributed by atoms with E-state index >= 15 is 0 Å². The molecule has 428 valence electrons. The molecule has 1 aliphatic heterocycles. The van der Waals surface area contributed by atoms with Gasteiger partial charge in [0.2, 0.25) is 47.3 Å². The van der Waals surface area contributed by atoms with E-state index in [0.29, 0.717) is 46.7 Å². The van der Waals surface area contributed by atoms with E-state index in [1.54, 1.807) is 62.6 Å². The molecule has 1 aliphatic rings. The Morgan fingerprint density at radius 2 is 1.37 bits per heavy atom. The highest BCUT2D eigenvalue weighted by atomic mass is 35.5. The molecule has 20 nitrogen and oxygen atoms in total. The summed E-state index contributed by atoms with van der Waals surface area (Å²) in [5.41, 5.74) is 21.6. The molecule has 23 heteroatoms. The number of para-hydroxylation sites is 1. The first-order chi connectivity index (χ1) is 39.0. The lowest BCUT2D eigenvalue weighted by Crippen LogP contribution is -2.61. The molecule has 8 atom stereocenters. The van der Waals surface area contributed by atoms with Crippen LogP contribution >= 0.6 is 33.2 Å². The topological polar surface area (TPSA) is 328 Å². The zero-order valence-electron chi connectivity index (χ0n) is 45.0. The van der Waals surface area contributed by atoms with Gasteiger partial charge < -0.3 is 59.4 Å². The summed E-state index contributed by atoms with van der Waals surface area (Å²) in [6, 6.07) is 20.5. The molecule has 4 aromatic carbocycles. The first-order valence-electron chi connectivity index (χ1n) is 26.7. The van der Waals surface area contributed by atoms with Crippen LogP contribution < -0.4 is 54.4 Å². The minimum Gasteiger partial charge on any atom is -0.368 e. The molecule has 8 amide bonds. The minimum atomic E-state index is -1.37. The maximum Gasteiger partial charge on any atom is 0.244 e. The van der Waals surface area contributed by atoms with Crippen LogP contribution in [-0.4, -0.2) is 124 Å². The summed E-state index contributed by atoms with van der Waals surface area (Å²) in [6.45, 7) is 3.70. The average molecular weight is 1160 g/mol. The van der Waals surface area contributed by atoms with Gasteiger partial charge in [0.05, 0.1) is 6.04 Å². The van der Waals surface area contributed by atoms with Gasteiger partial charge in [-0.1, -0.05) is 126 Å². The Bertz CT molecular complexity index is 3170. The van der Waals surface area contributed by atoms with E-state index in [2.05, 4.69) is 47.2 Å². The molecule has 4 unspecified atom stereocenters. The molecule has 0 aliphatic carbocycles.